The monoisotopic (exact) mass is 268 g/mol. The lowest BCUT2D eigenvalue weighted by atomic mass is 9.87. The van der Waals surface area contributed by atoms with Gasteiger partial charge in [0.1, 0.15) is 0 Å². The van der Waals surface area contributed by atoms with Gasteiger partial charge in [-0.05, 0) is 44.9 Å². The molecule has 1 N–H and O–H groups in total. The Bertz CT molecular complexity index is 278. The quantitative estimate of drug-likeness (QED) is 0.718. The lowest BCUT2D eigenvalue weighted by molar-refractivity contribution is 0.0173. The Morgan fingerprint density at radius 1 is 1.37 bits per heavy atom. The van der Waals surface area contributed by atoms with E-state index in [1.54, 1.807) is 0 Å². The third-order valence-corrected chi connectivity index (χ3v) is 5.04. The minimum Gasteiger partial charge on any atom is -0.382 e. The Morgan fingerprint density at radius 2 is 2.11 bits per heavy atom. The number of hydrogen-bond acceptors (Lipinski definition) is 3. The number of piperazine rings is 1. The second-order valence-electron chi connectivity index (χ2n) is 6.86. The van der Waals surface area contributed by atoms with Crippen LogP contribution in [-0.2, 0) is 4.74 Å². The van der Waals surface area contributed by atoms with Crippen molar-refractivity contribution in [2.24, 2.45) is 11.8 Å². The highest BCUT2D eigenvalue weighted by Gasteiger charge is 2.48. The van der Waals surface area contributed by atoms with E-state index in [-0.39, 0.29) is 0 Å². The van der Waals surface area contributed by atoms with E-state index >= 15 is 0 Å². The van der Waals surface area contributed by atoms with E-state index in [2.05, 4.69) is 37.9 Å². The van der Waals surface area contributed by atoms with Gasteiger partial charge in [-0.2, -0.15) is 0 Å². The van der Waals surface area contributed by atoms with E-state index in [1.165, 1.54) is 32.4 Å². The number of nitrogens with zero attached hydrogens (tertiary/aromatic N) is 1. The molecule has 0 amide bonds. The van der Waals surface area contributed by atoms with Gasteiger partial charge in [-0.25, -0.2) is 0 Å². The summed E-state index contributed by atoms with van der Waals surface area (Å²) in [6.45, 7) is 14.5. The Labute approximate surface area is 119 Å². The number of nitrogens with one attached hydrogen (secondary N) is 1. The summed E-state index contributed by atoms with van der Waals surface area (Å²) in [5.74, 6) is 1.64. The molecule has 2 aliphatic rings. The maximum atomic E-state index is 5.50. The van der Waals surface area contributed by atoms with Crippen LogP contribution in [0.4, 0.5) is 0 Å². The van der Waals surface area contributed by atoms with Crippen molar-refractivity contribution >= 4 is 0 Å². The first-order valence-electron chi connectivity index (χ1n) is 8.14. The Hall–Kier alpha value is -0.120. The molecule has 1 heterocycles. The predicted octanol–water partition coefficient (Wildman–Crippen LogP) is 2.51. The molecule has 2 atom stereocenters. The highest BCUT2D eigenvalue weighted by molar-refractivity contribution is 5.05. The predicted molar refractivity (Wildman–Crippen MR) is 80.4 cm³/mol. The van der Waals surface area contributed by atoms with Crippen LogP contribution >= 0.6 is 0 Å². The molecule has 0 spiro atoms. The summed E-state index contributed by atoms with van der Waals surface area (Å²) in [5, 5.41) is 3.79. The van der Waals surface area contributed by atoms with Gasteiger partial charge in [-0.15, -0.1) is 0 Å². The highest BCUT2D eigenvalue weighted by Crippen LogP contribution is 2.44. The lowest BCUT2D eigenvalue weighted by Gasteiger charge is -2.49. The number of hydrogen-bond donors (Lipinski definition) is 1. The summed E-state index contributed by atoms with van der Waals surface area (Å²) in [6, 6.07) is 0.652. The van der Waals surface area contributed by atoms with Crippen molar-refractivity contribution in [2.45, 2.75) is 58.5 Å². The van der Waals surface area contributed by atoms with Crippen molar-refractivity contribution in [2.75, 3.05) is 32.8 Å². The van der Waals surface area contributed by atoms with E-state index in [9.17, 15) is 0 Å². The van der Waals surface area contributed by atoms with Crippen molar-refractivity contribution in [1.82, 2.24) is 10.2 Å². The van der Waals surface area contributed by atoms with Crippen LogP contribution < -0.4 is 5.32 Å². The fourth-order valence-corrected chi connectivity index (χ4v) is 3.36. The molecule has 3 nitrogen and oxygen atoms in total. The lowest BCUT2D eigenvalue weighted by Crippen LogP contribution is -2.65. The maximum absolute atomic E-state index is 5.50. The van der Waals surface area contributed by atoms with Crippen molar-refractivity contribution in [3.8, 4) is 0 Å². The van der Waals surface area contributed by atoms with Gasteiger partial charge in [0.2, 0.25) is 0 Å². The van der Waals surface area contributed by atoms with E-state index < -0.39 is 0 Å². The van der Waals surface area contributed by atoms with Gasteiger partial charge in [0, 0.05) is 44.4 Å². The minimum absolute atomic E-state index is 0.387. The number of rotatable bonds is 7. The van der Waals surface area contributed by atoms with Gasteiger partial charge in [0.05, 0.1) is 0 Å². The molecular formula is C16H32N2O. The molecule has 3 heteroatoms. The third-order valence-electron chi connectivity index (χ3n) is 5.04. The molecule has 1 aliphatic carbocycles. The topological polar surface area (TPSA) is 24.5 Å². The SMILES string of the molecule is CCOCCCN1CC(C(C)C)NCC1(C)C1CC1. The Morgan fingerprint density at radius 3 is 2.68 bits per heavy atom. The second kappa shape index (κ2) is 6.55. The average Bonchev–Trinajstić information content (AvgIpc) is 3.20. The van der Waals surface area contributed by atoms with E-state index in [0.29, 0.717) is 11.6 Å². The molecular weight excluding hydrogens is 236 g/mol. The molecule has 0 aromatic heterocycles. The van der Waals surface area contributed by atoms with Gasteiger partial charge in [-0.3, -0.25) is 4.90 Å². The van der Waals surface area contributed by atoms with E-state index in [0.717, 1.165) is 31.6 Å². The molecule has 19 heavy (non-hydrogen) atoms. The average molecular weight is 268 g/mol. The fourth-order valence-electron chi connectivity index (χ4n) is 3.36. The van der Waals surface area contributed by atoms with Crippen LogP contribution in [-0.4, -0.2) is 49.3 Å². The van der Waals surface area contributed by atoms with Crippen LogP contribution in [0.25, 0.3) is 0 Å². The van der Waals surface area contributed by atoms with Crippen LogP contribution in [0.2, 0.25) is 0 Å². The van der Waals surface area contributed by atoms with E-state index in [1.807, 2.05) is 0 Å². The van der Waals surface area contributed by atoms with Crippen molar-refractivity contribution in [3.05, 3.63) is 0 Å². The first-order valence-corrected chi connectivity index (χ1v) is 8.14. The maximum Gasteiger partial charge on any atom is 0.0478 e. The molecule has 112 valence electrons. The van der Waals surface area contributed by atoms with Gasteiger partial charge >= 0.3 is 0 Å². The molecule has 1 aliphatic heterocycles. The normalized spacial score (nSPS) is 33.0. The summed E-state index contributed by atoms with van der Waals surface area (Å²) in [4.78, 5) is 2.75. The van der Waals surface area contributed by atoms with Gasteiger partial charge in [0.25, 0.3) is 0 Å². The van der Waals surface area contributed by atoms with Crippen molar-refractivity contribution in [1.29, 1.82) is 0 Å². The largest absolute Gasteiger partial charge is 0.382 e. The summed E-state index contributed by atoms with van der Waals surface area (Å²) < 4.78 is 5.50. The Kier molecular flexibility index (Phi) is 5.27. The molecule has 1 saturated carbocycles. The highest BCUT2D eigenvalue weighted by atomic mass is 16.5. The molecule has 2 rings (SSSR count). The summed E-state index contributed by atoms with van der Waals surface area (Å²) in [6.07, 6.45) is 4.01. The zero-order valence-electron chi connectivity index (χ0n) is 13.2. The van der Waals surface area contributed by atoms with Crippen LogP contribution in [0, 0.1) is 11.8 Å². The molecule has 0 radical (unpaired) electrons. The molecule has 0 aromatic carbocycles. The second-order valence-corrected chi connectivity index (χ2v) is 6.86. The molecule has 0 bridgehead atoms. The molecule has 0 aromatic rings. The summed E-state index contributed by atoms with van der Waals surface area (Å²) in [5.41, 5.74) is 0.387. The summed E-state index contributed by atoms with van der Waals surface area (Å²) >= 11 is 0. The zero-order chi connectivity index (χ0) is 13.9. The first kappa shape index (κ1) is 15.3. The number of ether oxygens (including phenoxy) is 1. The standard InChI is InChI=1S/C16H32N2O/c1-5-19-10-6-9-18-11-15(13(2)3)17-12-16(18,4)14-7-8-14/h13-15,17H,5-12H2,1-4H3. The fraction of sp³-hybridized carbons (Fsp3) is 1.00. The van der Waals surface area contributed by atoms with Crippen molar-refractivity contribution in [3.63, 3.8) is 0 Å². The van der Waals surface area contributed by atoms with Crippen LogP contribution in [0.1, 0.15) is 47.0 Å². The minimum atomic E-state index is 0.387. The molecule has 1 saturated heterocycles. The molecule has 2 unspecified atom stereocenters. The van der Waals surface area contributed by atoms with Gasteiger partial charge in [0.15, 0.2) is 0 Å². The van der Waals surface area contributed by atoms with Gasteiger partial charge in [-0.1, -0.05) is 13.8 Å². The third kappa shape index (κ3) is 3.71. The summed E-state index contributed by atoms with van der Waals surface area (Å²) in [7, 11) is 0. The first-order chi connectivity index (χ1) is 9.08. The smallest absolute Gasteiger partial charge is 0.0478 e. The van der Waals surface area contributed by atoms with Crippen LogP contribution in [0.15, 0.2) is 0 Å². The molecule has 2 fully saturated rings. The van der Waals surface area contributed by atoms with Crippen LogP contribution in [0.3, 0.4) is 0 Å². The van der Waals surface area contributed by atoms with Crippen molar-refractivity contribution < 1.29 is 4.74 Å². The van der Waals surface area contributed by atoms with E-state index in [4.69, 9.17) is 4.74 Å². The zero-order valence-corrected chi connectivity index (χ0v) is 13.2. The van der Waals surface area contributed by atoms with Crippen LogP contribution in [0.5, 0.6) is 0 Å². The Balaban J connectivity index is 1.91. The van der Waals surface area contributed by atoms with Gasteiger partial charge < -0.3 is 10.1 Å².